The van der Waals surface area contributed by atoms with Gasteiger partial charge in [-0.05, 0) is 30.9 Å². The number of piperidine rings is 1. The minimum absolute atomic E-state index is 0.105. The Morgan fingerprint density at radius 2 is 2.29 bits per heavy atom. The number of rotatable bonds is 3. The van der Waals surface area contributed by atoms with E-state index in [0.29, 0.717) is 12.5 Å². The van der Waals surface area contributed by atoms with E-state index >= 15 is 0 Å². The number of aromatic nitrogens is 1. The molecule has 0 radical (unpaired) electrons. The Balaban J connectivity index is 1.89. The van der Waals surface area contributed by atoms with Gasteiger partial charge in [-0.15, -0.1) is 0 Å². The van der Waals surface area contributed by atoms with Crippen LogP contribution in [0.3, 0.4) is 0 Å². The molecule has 2 aromatic rings. The summed E-state index contributed by atoms with van der Waals surface area (Å²) in [4.78, 5) is 18.1. The highest BCUT2D eigenvalue weighted by molar-refractivity contribution is 6.05. The summed E-state index contributed by atoms with van der Waals surface area (Å²) >= 11 is 0. The third-order valence-corrected chi connectivity index (χ3v) is 4.75. The summed E-state index contributed by atoms with van der Waals surface area (Å²) in [5.41, 5.74) is 7.60. The Labute approximate surface area is 125 Å². The quantitative estimate of drug-likeness (QED) is 0.911. The summed E-state index contributed by atoms with van der Waals surface area (Å²) in [6.45, 7) is 3.58. The number of carbonyl (C=O) groups excluding carboxylic acids is 1. The Morgan fingerprint density at radius 3 is 3.05 bits per heavy atom. The maximum atomic E-state index is 12.9. The molecule has 1 aromatic heterocycles. The van der Waals surface area contributed by atoms with Crippen LogP contribution in [0.25, 0.3) is 10.9 Å². The Morgan fingerprint density at radius 1 is 1.43 bits per heavy atom. The molecule has 2 heterocycles. The molecular formula is C17H23N3O. The molecule has 4 heteroatoms. The van der Waals surface area contributed by atoms with Gasteiger partial charge in [0.2, 0.25) is 0 Å². The van der Waals surface area contributed by atoms with E-state index in [1.807, 2.05) is 35.4 Å². The predicted molar refractivity (Wildman–Crippen MR) is 85.2 cm³/mol. The molecule has 2 atom stereocenters. The molecule has 1 amide bonds. The van der Waals surface area contributed by atoms with Crippen LogP contribution in [0.15, 0.2) is 30.5 Å². The standard InChI is InChI=1S/C17H23N3O/c1-2-12-7-9-20(14(10-12)11-18)17(21)15-5-3-4-13-6-8-19-16(13)15/h3-6,8,12,14,19H,2,7,9-11,18H2,1H3. The van der Waals surface area contributed by atoms with Crippen LogP contribution in [0.5, 0.6) is 0 Å². The molecule has 1 aliphatic heterocycles. The smallest absolute Gasteiger partial charge is 0.256 e. The van der Waals surface area contributed by atoms with Gasteiger partial charge >= 0.3 is 0 Å². The van der Waals surface area contributed by atoms with E-state index in [1.165, 1.54) is 6.42 Å². The molecule has 0 aliphatic carbocycles. The first-order valence-electron chi connectivity index (χ1n) is 7.81. The van der Waals surface area contributed by atoms with Crippen LogP contribution < -0.4 is 5.73 Å². The number of carbonyl (C=O) groups is 1. The Kier molecular flexibility index (Phi) is 3.97. The second kappa shape index (κ2) is 5.90. The zero-order chi connectivity index (χ0) is 14.8. The highest BCUT2D eigenvalue weighted by atomic mass is 16.2. The zero-order valence-corrected chi connectivity index (χ0v) is 12.5. The van der Waals surface area contributed by atoms with Gasteiger partial charge in [-0.3, -0.25) is 4.79 Å². The number of para-hydroxylation sites is 1. The molecule has 4 nitrogen and oxygen atoms in total. The first kappa shape index (κ1) is 14.1. The SMILES string of the molecule is CCC1CCN(C(=O)c2cccc3cc[nH]c23)C(CN)C1. The van der Waals surface area contributed by atoms with Crippen LogP contribution in [0.2, 0.25) is 0 Å². The lowest BCUT2D eigenvalue weighted by Gasteiger charge is -2.39. The summed E-state index contributed by atoms with van der Waals surface area (Å²) in [7, 11) is 0. The van der Waals surface area contributed by atoms with Crippen LogP contribution in [-0.2, 0) is 0 Å². The number of amides is 1. The largest absolute Gasteiger partial charge is 0.361 e. The molecule has 0 spiro atoms. The van der Waals surface area contributed by atoms with E-state index in [4.69, 9.17) is 5.73 Å². The van der Waals surface area contributed by atoms with Gasteiger partial charge in [0.05, 0.1) is 11.1 Å². The summed E-state index contributed by atoms with van der Waals surface area (Å²) in [5, 5.41) is 1.08. The van der Waals surface area contributed by atoms with E-state index in [9.17, 15) is 4.79 Å². The van der Waals surface area contributed by atoms with Crippen molar-refractivity contribution in [1.29, 1.82) is 0 Å². The number of benzene rings is 1. The maximum absolute atomic E-state index is 12.9. The molecule has 1 saturated heterocycles. The molecule has 3 N–H and O–H groups in total. The van der Waals surface area contributed by atoms with Crippen molar-refractivity contribution in [2.45, 2.75) is 32.2 Å². The lowest BCUT2D eigenvalue weighted by atomic mass is 9.88. The van der Waals surface area contributed by atoms with Gasteiger partial charge in [0.15, 0.2) is 0 Å². The molecule has 21 heavy (non-hydrogen) atoms. The predicted octanol–water partition coefficient (Wildman–Crippen LogP) is 2.76. The number of nitrogens with one attached hydrogen (secondary N) is 1. The molecule has 2 unspecified atom stereocenters. The minimum atomic E-state index is 0.105. The average Bonchev–Trinajstić information content (AvgIpc) is 3.02. The van der Waals surface area contributed by atoms with E-state index in [0.717, 1.165) is 35.9 Å². The van der Waals surface area contributed by atoms with Crippen LogP contribution in [-0.4, -0.2) is 34.9 Å². The van der Waals surface area contributed by atoms with Crippen molar-refractivity contribution in [1.82, 2.24) is 9.88 Å². The topological polar surface area (TPSA) is 62.1 Å². The first-order valence-corrected chi connectivity index (χ1v) is 7.81. The third-order valence-electron chi connectivity index (χ3n) is 4.75. The number of nitrogens with zero attached hydrogens (tertiary/aromatic N) is 1. The number of hydrogen-bond acceptors (Lipinski definition) is 2. The van der Waals surface area contributed by atoms with Gasteiger partial charge in [0.25, 0.3) is 5.91 Å². The first-order chi connectivity index (χ1) is 10.2. The van der Waals surface area contributed by atoms with Crippen LogP contribution in [0.4, 0.5) is 0 Å². The molecule has 0 bridgehead atoms. The van der Waals surface area contributed by atoms with Crippen LogP contribution in [0, 0.1) is 5.92 Å². The summed E-state index contributed by atoms with van der Waals surface area (Å²) < 4.78 is 0. The highest BCUT2D eigenvalue weighted by Crippen LogP contribution is 2.27. The third kappa shape index (κ3) is 2.56. The van der Waals surface area contributed by atoms with Crippen molar-refractivity contribution < 1.29 is 4.79 Å². The number of H-pyrrole nitrogens is 1. The van der Waals surface area contributed by atoms with Crippen LogP contribution >= 0.6 is 0 Å². The van der Waals surface area contributed by atoms with E-state index < -0.39 is 0 Å². The summed E-state index contributed by atoms with van der Waals surface area (Å²) in [6, 6.07) is 8.03. The lowest BCUT2D eigenvalue weighted by molar-refractivity contribution is 0.0560. The molecule has 1 fully saturated rings. The van der Waals surface area contributed by atoms with Crippen molar-refractivity contribution in [2.75, 3.05) is 13.1 Å². The number of likely N-dealkylation sites (tertiary alicyclic amines) is 1. The summed E-state index contributed by atoms with van der Waals surface area (Å²) in [6.07, 6.45) is 5.16. The molecular weight excluding hydrogens is 262 g/mol. The number of fused-ring (bicyclic) bond motifs is 1. The van der Waals surface area contributed by atoms with Gasteiger partial charge in [-0.25, -0.2) is 0 Å². The normalized spacial score (nSPS) is 22.7. The van der Waals surface area contributed by atoms with Gasteiger partial charge < -0.3 is 15.6 Å². The molecule has 112 valence electrons. The lowest BCUT2D eigenvalue weighted by Crippen LogP contribution is -2.49. The van der Waals surface area contributed by atoms with Gasteiger partial charge in [-0.2, -0.15) is 0 Å². The number of aromatic amines is 1. The number of hydrogen-bond donors (Lipinski definition) is 2. The van der Waals surface area contributed by atoms with Crippen molar-refractivity contribution in [3.05, 3.63) is 36.0 Å². The molecule has 3 rings (SSSR count). The Hall–Kier alpha value is -1.81. The monoisotopic (exact) mass is 285 g/mol. The Bertz CT molecular complexity index is 634. The van der Waals surface area contributed by atoms with Crippen LogP contribution in [0.1, 0.15) is 36.5 Å². The van der Waals surface area contributed by atoms with E-state index in [2.05, 4.69) is 11.9 Å². The second-order valence-corrected chi connectivity index (χ2v) is 5.93. The van der Waals surface area contributed by atoms with Gasteiger partial charge in [0.1, 0.15) is 0 Å². The minimum Gasteiger partial charge on any atom is -0.361 e. The fraction of sp³-hybridized carbons (Fsp3) is 0.471. The van der Waals surface area contributed by atoms with E-state index in [1.54, 1.807) is 0 Å². The average molecular weight is 285 g/mol. The van der Waals surface area contributed by atoms with Gasteiger partial charge in [0, 0.05) is 30.7 Å². The fourth-order valence-electron chi connectivity index (χ4n) is 3.41. The van der Waals surface area contributed by atoms with Crippen molar-refractivity contribution >= 4 is 16.8 Å². The van der Waals surface area contributed by atoms with E-state index in [-0.39, 0.29) is 11.9 Å². The molecule has 1 aliphatic rings. The second-order valence-electron chi connectivity index (χ2n) is 5.93. The van der Waals surface area contributed by atoms with Gasteiger partial charge in [-0.1, -0.05) is 25.5 Å². The molecule has 0 saturated carbocycles. The maximum Gasteiger partial charge on any atom is 0.256 e. The van der Waals surface area contributed by atoms with Crippen molar-refractivity contribution in [3.63, 3.8) is 0 Å². The highest BCUT2D eigenvalue weighted by Gasteiger charge is 2.31. The van der Waals surface area contributed by atoms with Crippen molar-refractivity contribution in [2.24, 2.45) is 11.7 Å². The number of nitrogens with two attached hydrogens (primary N) is 1. The zero-order valence-electron chi connectivity index (χ0n) is 12.5. The molecule has 1 aromatic carbocycles. The summed E-state index contributed by atoms with van der Waals surface area (Å²) in [5.74, 6) is 0.803. The fourth-order valence-corrected chi connectivity index (χ4v) is 3.41. The van der Waals surface area contributed by atoms with Crippen molar-refractivity contribution in [3.8, 4) is 0 Å².